The Labute approximate surface area is 187 Å². The molecule has 7 heteroatoms. The second kappa shape index (κ2) is 8.74. The van der Waals surface area contributed by atoms with Crippen molar-refractivity contribution in [1.82, 2.24) is 0 Å². The first-order valence-electron chi connectivity index (χ1n) is 10.3. The van der Waals surface area contributed by atoms with Crippen molar-refractivity contribution in [1.29, 1.82) is 0 Å². The second-order valence-corrected chi connectivity index (χ2v) is 8.37. The lowest BCUT2D eigenvalue weighted by molar-refractivity contribution is 0.0526. The number of esters is 1. The van der Waals surface area contributed by atoms with Crippen LogP contribution in [0.3, 0.4) is 0 Å². The minimum Gasteiger partial charge on any atom is -0.462 e. The second-order valence-electron chi connectivity index (χ2n) is 7.57. The first-order chi connectivity index (χ1) is 14.5. The number of benzene rings is 2. The maximum atomic E-state index is 12.0. The molecule has 2 aromatic rings. The number of carbonyl (C=O) groups is 1. The molecule has 4 rings (SSSR count). The van der Waals surface area contributed by atoms with Gasteiger partial charge in [-0.3, -0.25) is 0 Å². The van der Waals surface area contributed by atoms with Gasteiger partial charge in [0.2, 0.25) is 5.11 Å². The number of thiocarbonyl (C=S) groups is 1. The molecule has 1 saturated carbocycles. The summed E-state index contributed by atoms with van der Waals surface area (Å²) < 4.78 is 5.10. The van der Waals surface area contributed by atoms with Crippen LogP contribution in [0.15, 0.2) is 53.5 Å². The van der Waals surface area contributed by atoms with E-state index in [2.05, 4.69) is 10.2 Å². The van der Waals surface area contributed by atoms with Gasteiger partial charge in [-0.2, -0.15) is 0 Å². The maximum Gasteiger partial charge on any atom is 0.338 e. The van der Waals surface area contributed by atoms with Crippen LogP contribution < -0.4 is 10.2 Å². The number of halogens is 1. The predicted octanol–water partition coefficient (Wildman–Crippen LogP) is 5.84. The molecule has 0 amide bonds. The average Bonchev–Trinajstić information content (AvgIpc) is 3.01. The van der Waals surface area contributed by atoms with Crippen LogP contribution in [0.5, 0.6) is 0 Å². The van der Waals surface area contributed by atoms with Crippen molar-refractivity contribution >= 4 is 52.1 Å². The van der Waals surface area contributed by atoms with E-state index in [1.54, 1.807) is 19.1 Å². The quantitative estimate of drug-likeness (QED) is 0.477. The van der Waals surface area contributed by atoms with Crippen molar-refractivity contribution in [2.45, 2.75) is 44.6 Å². The van der Waals surface area contributed by atoms with Gasteiger partial charge >= 0.3 is 5.97 Å². The molecule has 30 heavy (non-hydrogen) atoms. The number of nitrogens with one attached hydrogen (secondary N) is 1. The molecular formula is C23H24ClN3O2S. The van der Waals surface area contributed by atoms with Crippen molar-refractivity contribution in [3.05, 3.63) is 59.1 Å². The van der Waals surface area contributed by atoms with Gasteiger partial charge in [0.1, 0.15) is 11.4 Å². The summed E-state index contributed by atoms with van der Waals surface area (Å²) in [6.07, 6.45) is 5.36. The van der Waals surface area contributed by atoms with Crippen molar-refractivity contribution in [2.24, 2.45) is 4.99 Å². The molecule has 1 fully saturated rings. The molecule has 2 aliphatic rings. The number of hydrogen-bond donors (Lipinski definition) is 1. The lowest BCUT2D eigenvalue weighted by atomic mass is 9.79. The number of rotatable bonds is 4. The Morgan fingerprint density at radius 2 is 1.80 bits per heavy atom. The van der Waals surface area contributed by atoms with Gasteiger partial charge in [-0.15, -0.1) is 0 Å². The molecular weight excluding hydrogens is 418 g/mol. The highest BCUT2D eigenvalue weighted by Crippen LogP contribution is 2.42. The minimum absolute atomic E-state index is 0.305. The number of hydrogen-bond acceptors (Lipinski definition) is 4. The number of amidine groups is 1. The number of nitrogens with zero attached hydrogens (tertiary/aromatic N) is 2. The van der Waals surface area contributed by atoms with E-state index in [0.29, 0.717) is 22.3 Å². The zero-order valence-electron chi connectivity index (χ0n) is 16.9. The van der Waals surface area contributed by atoms with E-state index in [0.717, 1.165) is 42.9 Å². The zero-order valence-corrected chi connectivity index (χ0v) is 18.4. The van der Waals surface area contributed by atoms with Gasteiger partial charge in [-0.05, 0) is 80.5 Å². The standard InChI is InChI=1S/C23H24ClN3O2S/c1-2-29-20(28)16-6-12-19(13-7-16)27-22(30)26-21(23(27)14-4-3-5-15-23)25-18-10-8-17(24)9-11-18/h6-13H,2-5,14-15H2,1H3,(H,25,26,30). The molecule has 1 aliphatic heterocycles. The number of ether oxygens (including phenoxy) is 1. The first-order valence-corrected chi connectivity index (χ1v) is 11.1. The molecule has 0 aromatic heterocycles. The van der Waals surface area contributed by atoms with E-state index in [4.69, 9.17) is 33.5 Å². The van der Waals surface area contributed by atoms with Crippen LogP contribution in [0, 0.1) is 0 Å². The maximum absolute atomic E-state index is 12.0. The van der Waals surface area contributed by atoms with Crippen LogP contribution in [0.1, 0.15) is 49.4 Å². The summed E-state index contributed by atoms with van der Waals surface area (Å²) in [7, 11) is 0. The molecule has 2 aromatic carbocycles. The van der Waals surface area contributed by atoms with Crippen LogP contribution in [0.4, 0.5) is 11.4 Å². The summed E-state index contributed by atoms with van der Waals surface area (Å²) in [5.41, 5.74) is 2.10. The fraction of sp³-hybridized carbons (Fsp3) is 0.348. The van der Waals surface area contributed by atoms with Gasteiger partial charge in [-0.1, -0.05) is 30.9 Å². The summed E-state index contributed by atoms with van der Waals surface area (Å²) in [5.74, 6) is 0.561. The van der Waals surface area contributed by atoms with E-state index in [1.165, 1.54) is 6.42 Å². The van der Waals surface area contributed by atoms with Crippen molar-refractivity contribution < 1.29 is 9.53 Å². The Morgan fingerprint density at radius 3 is 2.43 bits per heavy atom. The summed E-state index contributed by atoms with van der Waals surface area (Å²) in [5, 5.41) is 4.73. The Hall–Kier alpha value is -2.44. The van der Waals surface area contributed by atoms with E-state index in [-0.39, 0.29) is 11.5 Å². The molecule has 1 spiro atoms. The van der Waals surface area contributed by atoms with Gasteiger partial charge in [-0.25, -0.2) is 9.79 Å². The summed E-state index contributed by atoms with van der Waals surface area (Å²) >= 11 is 11.7. The van der Waals surface area contributed by atoms with Crippen LogP contribution in [-0.4, -0.2) is 29.1 Å². The molecule has 1 N–H and O–H groups in total. The highest BCUT2D eigenvalue weighted by molar-refractivity contribution is 7.80. The monoisotopic (exact) mass is 441 g/mol. The van der Waals surface area contributed by atoms with E-state index in [1.807, 2.05) is 36.4 Å². The predicted molar refractivity (Wildman–Crippen MR) is 126 cm³/mol. The zero-order chi connectivity index (χ0) is 21.1. The van der Waals surface area contributed by atoms with Crippen LogP contribution in [0.25, 0.3) is 0 Å². The fourth-order valence-electron chi connectivity index (χ4n) is 4.27. The third-order valence-corrected chi connectivity index (χ3v) is 6.22. The van der Waals surface area contributed by atoms with Crippen molar-refractivity contribution in [3.63, 3.8) is 0 Å². The Kier molecular flexibility index (Phi) is 6.06. The Bertz CT molecular complexity index is 967. The van der Waals surface area contributed by atoms with E-state index >= 15 is 0 Å². The largest absolute Gasteiger partial charge is 0.462 e. The highest BCUT2D eigenvalue weighted by Gasteiger charge is 2.49. The number of carbonyl (C=O) groups excluding carboxylic acids is 1. The third kappa shape index (κ3) is 3.94. The minimum atomic E-state index is -0.318. The van der Waals surface area contributed by atoms with Crippen LogP contribution >= 0.6 is 23.8 Å². The smallest absolute Gasteiger partial charge is 0.338 e. The molecule has 156 valence electrons. The lowest BCUT2D eigenvalue weighted by Gasteiger charge is -2.42. The van der Waals surface area contributed by atoms with Crippen molar-refractivity contribution in [3.8, 4) is 0 Å². The topological polar surface area (TPSA) is 53.9 Å². The molecule has 5 nitrogen and oxygen atoms in total. The molecule has 0 saturated heterocycles. The molecule has 0 bridgehead atoms. The lowest BCUT2D eigenvalue weighted by Crippen LogP contribution is -2.55. The van der Waals surface area contributed by atoms with Gasteiger partial charge in [0, 0.05) is 16.4 Å². The van der Waals surface area contributed by atoms with Crippen molar-refractivity contribution in [2.75, 3.05) is 16.8 Å². The molecule has 0 unspecified atom stereocenters. The summed E-state index contributed by atoms with van der Waals surface area (Å²) in [6.45, 7) is 2.15. The van der Waals surface area contributed by atoms with Gasteiger partial charge in [0.25, 0.3) is 0 Å². The molecule has 1 heterocycles. The fourth-order valence-corrected chi connectivity index (χ4v) is 4.77. The first kappa shape index (κ1) is 20.8. The molecule has 1 aliphatic carbocycles. The van der Waals surface area contributed by atoms with Gasteiger partial charge < -0.3 is 15.0 Å². The normalized spacial score (nSPS) is 17.7. The molecule has 0 atom stereocenters. The summed E-state index contributed by atoms with van der Waals surface area (Å²) in [6, 6.07) is 15.0. The molecule has 0 radical (unpaired) electrons. The average molecular weight is 442 g/mol. The van der Waals surface area contributed by atoms with Crippen LogP contribution in [-0.2, 0) is 4.74 Å². The summed E-state index contributed by atoms with van der Waals surface area (Å²) in [4.78, 5) is 18.9. The Balaban J connectivity index is 1.65. The number of aliphatic imine (C=N–C) groups is 1. The van der Waals surface area contributed by atoms with Gasteiger partial charge in [0.05, 0.1) is 12.2 Å². The van der Waals surface area contributed by atoms with Gasteiger partial charge in [0.15, 0.2) is 0 Å². The van der Waals surface area contributed by atoms with Crippen LogP contribution in [0.2, 0.25) is 5.02 Å². The van der Waals surface area contributed by atoms with E-state index in [9.17, 15) is 4.79 Å². The third-order valence-electron chi connectivity index (χ3n) is 5.69. The van der Waals surface area contributed by atoms with E-state index < -0.39 is 0 Å². The Morgan fingerprint density at radius 1 is 1.13 bits per heavy atom. The highest BCUT2D eigenvalue weighted by atomic mass is 35.5. The SMILES string of the molecule is CCOC(=O)c1ccc(N2C(=S)N=C(Nc3ccc(Cl)cc3)C23CCCCC3)cc1. The number of anilines is 2.